The van der Waals surface area contributed by atoms with Gasteiger partial charge in [0, 0.05) is 5.56 Å². The lowest BCUT2D eigenvalue weighted by molar-refractivity contribution is 0.0958. The van der Waals surface area contributed by atoms with Crippen LogP contribution in [0.15, 0.2) is 24.3 Å². The van der Waals surface area contributed by atoms with Gasteiger partial charge in [0.05, 0.1) is 13.2 Å². The lowest BCUT2D eigenvalue weighted by Gasteiger charge is -2.09. The predicted molar refractivity (Wildman–Crippen MR) is 88.2 cm³/mol. The van der Waals surface area contributed by atoms with E-state index in [0.717, 1.165) is 24.3 Å². The fraction of sp³-hybridized carbons (Fsp3) is 0.611. The number of hydrogen-bond donors (Lipinski definition) is 0. The Morgan fingerprint density at radius 1 is 1.00 bits per heavy atom. The van der Waals surface area contributed by atoms with Crippen LogP contribution >= 0.6 is 0 Å². The van der Waals surface area contributed by atoms with Crippen molar-refractivity contribution in [1.29, 1.82) is 0 Å². The molecule has 0 atom stereocenters. The van der Waals surface area contributed by atoms with Gasteiger partial charge < -0.3 is 9.64 Å². The summed E-state index contributed by atoms with van der Waals surface area (Å²) in [7, 11) is 3.80. The molecule has 0 N–H and O–H groups in total. The summed E-state index contributed by atoms with van der Waals surface area (Å²) in [6.07, 6.45) is 7.59. The van der Waals surface area contributed by atoms with E-state index in [1.54, 1.807) is 0 Å². The van der Waals surface area contributed by atoms with Crippen molar-refractivity contribution in [2.24, 2.45) is 0 Å². The van der Waals surface area contributed by atoms with E-state index in [9.17, 15) is 4.79 Å². The molecule has 118 valence electrons. The second-order valence-corrected chi connectivity index (χ2v) is 5.80. The molecule has 0 saturated carbocycles. The number of benzene rings is 1. The van der Waals surface area contributed by atoms with Gasteiger partial charge in [0.25, 0.3) is 0 Å². The molecule has 0 aliphatic carbocycles. The molecule has 0 heterocycles. The van der Waals surface area contributed by atoms with E-state index in [1.165, 1.54) is 32.1 Å². The first kappa shape index (κ1) is 17.7. The number of hydrogen-bond acceptors (Lipinski definition) is 3. The summed E-state index contributed by atoms with van der Waals surface area (Å²) in [5, 5.41) is 0. The standard InChI is InChI=1S/C18H29NO2/c1-4-5-6-7-8-9-14-21-17-12-10-16(11-13-17)18(20)15-19(2)3/h10-13H,4-9,14-15H2,1-3H3. The van der Waals surface area contributed by atoms with Gasteiger partial charge in [0.15, 0.2) is 5.78 Å². The van der Waals surface area contributed by atoms with Crippen LogP contribution in [0.25, 0.3) is 0 Å². The highest BCUT2D eigenvalue weighted by atomic mass is 16.5. The zero-order chi connectivity index (χ0) is 15.5. The third-order valence-corrected chi connectivity index (χ3v) is 3.40. The fourth-order valence-electron chi connectivity index (χ4n) is 2.19. The highest BCUT2D eigenvalue weighted by Gasteiger charge is 2.06. The van der Waals surface area contributed by atoms with Crippen molar-refractivity contribution in [3.05, 3.63) is 29.8 Å². The average molecular weight is 291 g/mol. The van der Waals surface area contributed by atoms with Crippen molar-refractivity contribution < 1.29 is 9.53 Å². The zero-order valence-corrected chi connectivity index (χ0v) is 13.7. The van der Waals surface area contributed by atoms with Gasteiger partial charge in [0.1, 0.15) is 5.75 Å². The second kappa shape index (κ2) is 10.4. The molecule has 3 nitrogen and oxygen atoms in total. The number of carbonyl (C=O) groups is 1. The minimum absolute atomic E-state index is 0.141. The van der Waals surface area contributed by atoms with E-state index < -0.39 is 0 Å². The van der Waals surface area contributed by atoms with Crippen molar-refractivity contribution in [1.82, 2.24) is 4.90 Å². The highest BCUT2D eigenvalue weighted by molar-refractivity contribution is 5.97. The van der Waals surface area contributed by atoms with E-state index in [2.05, 4.69) is 6.92 Å². The summed E-state index contributed by atoms with van der Waals surface area (Å²) in [5.74, 6) is 0.993. The van der Waals surface area contributed by atoms with Crippen molar-refractivity contribution in [3.63, 3.8) is 0 Å². The molecule has 1 aromatic rings. The van der Waals surface area contributed by atoms with Crippen LogP contribution in [0.5, 0.6) is 5.75 Å². The van der Waals surface area contributed by atoms with Crippen LogP contribution in [-0.2, 0) is 0 Å². The minimum Gasteiger partial charge on any atom is -0.494 e. The third-order valence-electron chi connectivity index (χ3n) is 3.40. The lowest BCUT2D eigenvalue weighted by atomic mass is 10.1. The van der Waals surface area contributed by atoms with Crippen LogP contribution in [-0.4, -0.2) is 37.9 Å². The first-order valence-electron chi connectivity index (χ1n) is 8.04. The zero-order valence-electron chi connectivity index (χ0n) is 13.7. The number of Topliss-reactive ketones (excluding diaryl/α,β-unsaturated/α-hetero) is 1. The van der Waals surface area contributed by atoms with Gasteiger partial charge in [-0.15, -0.1) is 0 Å². The van der Waals surface area contributed by atoms with E-state index in [4.69, 9.17) is 4.74 Å². The maximum absolute atomic E-state index is 11.9. The SMILES string of the molecule is CCCCCCCCOc1ccc(C(=O)CN(C)C)cc1. The number of likely N-dealkylation sites (N-methyl/N-ethyl adjacent to an activating group) is 1. The number of carbonyl (C=O) groups excluding carboxylic acids is 1. The lowest BCUT2D eigenvalue weighted by Crippen LogP contribution is -2.21. The monoisotopic (exact) mass is 291 g/mol. The summed E-state index contributed by atoms with van der Waals surface area (Å²) in [5.41, 5.74) is 0.746. The largest absolute Gasteiger partial charge is 0.494 e. The van der Waals surface area contributed by atoms with Crippen molar-refractivity contribution in [2.45, 2.75) is 45.4 Å². The van der Waals surface area contributed by atoms with E-state index >= 15 is 0 Å². The third kappa shape index (κ3) is 7.86. The number of nitrogens with zero attached hydrogens (tertiary/aromatic N) is 1. The maximum Gasteiger partial charge on any atom is 0.176 e. The van der Waals surface area contributed by atoms with Crippen LogP contribution in [0.2, 0.25) is 0 Å². The van der Waals surface area contributed by atoms with E-state index in [1.807, 2.05) is 43.3 Å². The smallest absolute Gasteiger partial charge is 0.176 e. The molecule has 0 aliphatic heterocycles. The normalized spacial score (nSPS) is 10.9. The van der Waals surface area contributed by atoms with Crippen LogP contribution in [0.4, 0.5) is 0 Å². The summed E-state index contributed by atoms with van der Waals surface area (Å²) < 4.78 is 5.71. The molecule has 0 fully saturated rings. The molecule has 0 aliphatic rings. The summed E-state index contributed by atoms with van der Waals surface area (Å²) in [6.45, 7) is 3.44. The first-order chi connectivity index (χ1) is 10.1. The summed E-state index contributed by atoms with van der Waals surface area (Å²) >= 11 is 0. The van der Waals surface area contributed by atoms with Gasteiger partial charge in [-0.25, -0.2) is 0 Å². The average Bonchev–Trinajstić information content (AvgIpc) is 2.46. The van der Waals surface area contributed by atoms with E-state index in [0.29, 0.717) is 6.54 Å². The Morgan fingerprint density at radius 3 is 2.24 bits per heavy atom. The molecular weight excluding hydrogens is 262 g/mol. The Hall–Kier alpha value is -1.35. The summed E-state index contributed by atoms with van der Waals surface area (Å²) in [4.78, 5) is 13.7. The van der Waals surface area contributed by atoms with Crippen molar-refractivity contribution in [3.8, 4) is 5.75 Å². The van der Waals surface area contributed by atoms with Gasteiger partial charge in [0.2, 0.25) is 0 Å². The molecule has 3 heteroatoms. The van der Waals surface area contributed by atoms with Gasteiger partial charge in [-0.05, 0) is 44.8 Å². The topological polar surface area (TPSA) is 29.5 Å². The van der Waals surface area contributed by atoms with Crippen LogP contribution in [0, 0.1) is 0 Å². The van der Waals surface area contributed by atoms with Crippen molar-refractivity contribution >= 4 is 5.78 Å². The van der Waals surface area contributed by atoms with Gasteiger partial charge in [-0.2, -0.15) is 0 Å². The number of rotatable bonds is 11. The molecule has 0 bridgehead atoms. The Kier molecular flexibility index (Phi) is 8.76. The van der Waals surface area contributed by atoms with Crippen molar-refractivity contribution in [2.75, 3.05) is 27.2 Å². The minimum atomic E-state index is 0.141. The van der Waals surface area contributed by atoms with Crippen LogP contribution in [0.1, 0.15) is 55.8 Å². The molecule has 0 aromatic heterocycles. The molecule has 0 amide bonds. The van der Waals surface area contributed by atoms with Gasteiger partial charge >= 0.3 is 0 Å². The molecule has 1 aromatic carbocycles. The first-order valence-corrected chi connectivity index (χ1v) is 8.04. The number of ether oxygens (including phenoxy) is 1. The molecule has 21 heavy (non-hydrogen) atoms. The molecule has 1 rings (SSSR count). The highest BCUT2D eigenvalue weighted by Crippen LogP contribution is 2.14. The number of unbranched alkanes of at least 4 members (excludes halogenated alkanes) is 5. The Morgan fingerprint density at radius 2 is 1.62 bits per heavy atom. The second-order valence-electron chi connectivity index (χ2n) is 5.80. The summed E-state index contributed by atoms with van der Waals surface area (Å²) in [6, 6.07) is 7.48. The molecule has 0 saturated heterocycles. The van der Waals surface area contributed by atoms with E-state index in [-0.39, 0.29) is 5.78 Å². The van der Waals surface area contributed by atoms with Gasteiger partial charge in [-0.3, -0.25) is 4.79 Å². The Bertz CT molecular complexity index is 398. The molecule has 0 unspecified atom stereocenters. The van der Waals surface area contributed by atoms with Crippen LogP contribution in [0.3, 0.4) is 0 Å². The maximum atomic E-state index is 11.9. The Balaban J connectivity index is 2.23. The Labute approximate surface area is 129 Å². The molecular formula is C18H29NO2. The number of ketones is 1. The van der Waals surface area contributed by atoms with Gasteiger partial charge in [-0.1, -0.05) is 39.0 Å². The predicted octanol–water partition coefficient (Wildman–Crippen LogP) is 4.17. The molecule has 0 spiro atoms. The fourth-order valence-corrected chi connectivity index (χ4v) is 2.19. The van der Waals surface area contributed by atoms with Crippen LogP contribution < -0.4 is 4.74 Å². The quantitative estimate of drug-likeness (QED) is 0.453. The molecule has 0 radical (unpaired) electrons.